The lowest BCUT2D eigenvalue weighted by atomic mass is 10.1. The van der Waals surface area contributed by atoms with Gasteiger partial charge in [0.15, 0.2) is 0 Å². The van der Waals surface area contributed by atoms with Crippen LogP contribution in [0.2, 0.25) is 0 Å². The van der Waals surface area contributed by atoms with Gasteiger partial charge < -0.3 is 9.05 Å². The molecule has 0 saturated heterocycles. The summed E-state index contributed by atoms with van der Waals surface area (Å²) in [5, 5.41) is 0. The van der Waals surface area contributed by atoms with E-state index in [2.05, 4.69) is 0 Å². The van der Waals surface area contributed by atoms with Gasteiger partial charge in [0.05, 0.1) is 23.5 Å². The summed E-state index contributed by atoms with van der Waals surface area (Å²) in [5.41, 5.74) is 0. The minimum Gasteiger partial charge on any atom is -0.449 e. The van der Waals surface area contributed by atoms with E-state index >= 15 is 0 Å². The topological polar surface area (TPSA) is 52.6 Å². The molecule has 0 N–H and O–H groups in total. The van der Waals surface area contributed by atoms with E-state index in [-0.39, 0.29) is 41.9 Å². The fourth-order valence-corrected chi connectivity index (χ4v) is 1.55. The summed E-state index contributed by atoms with van der Waals surface area (Å²) >= 11 is 0. The molecule has 14 heavy (non-hydrogen) atoms. The largest absolute Gasteiger partial charge is 0.449 e. The van der Waals surface area contributed by atoms with E-state index in [0.29, 0.717) is 6.42 Å². The highest BCUT2D eigenvalue weighted by Crippen LogP contribution is 2.16. The van der Waals surface area contributed by atoms with Gasteiger partial charge in [0, 0.05) is 6.42 Å². The molecule has 0 fully saturated rings. The molecule has 0 amide bonds. The van der Waals surface area contributed by atoms with Crippen LogP contribution in [0.4, 0.5) is 0 Å². The van der Waals surface area contributed by atoms with Crippen molar-refractivity contribution in [2.75, 3.05) is 13.3 Å². The Balaban J connectivity index is 3.67. The highest BCUT2D eigenvalue weighted by Gasteiger charge is 2.15. The molecule has 0 rings (SSSR count). The summed E-state index contributed by atoms with van der Waals surface area (Å²) in [6.07, 6.45) is 0.774. The lowest BCUT2D eigenvalue weighted by Crippen LogP contribution is -2.13. The van der Waals surface area contributed by atoms with Crippen molar-refractivity contribution in [2.45, 2.75) is 19.8 Å². The highest BCUT2D eigenvalue weighted by molar-refractivity contribution is 7.32. The SMILES string of the molecule is CPOC(=O)CCC(C)C(=O)OPC. The van der Waals surface area contributed by atoms with E-state index in [4.69, 9.17) is 9.05 Å². The molecule has 3 unspecified atom stereocenters. The molecule has 0 bridgehead atoms. The zero-order chi connectivity index (χ0) is 11.0. The van der Waals surface area contributed by atoms with Crippen LogP contribution >= 0.6 is 17.6 Å². The predicted molar refractivity (Wildman–Crippen MR) is 59.1 cm³/mol. The minimum atomic E-state index is -0.246. The van der Waals surface area contributed by atoms with Crippen LogP contribution in [0.15, 0.2) is 0 Å². The molecule has 82 valence electrons. The van der Waals surface area contributed by atoms with E-state index in [1.807, 2.05) is 0 Å². The number of carbonyl (C=O) groups is 2. The summed E-state index contributed by atoms with van der Waals surface area (Å²) in [6, 6.07) is 0. The summed E-state index contributed by atoms with van der Waals surface area (Å²) in [4.78, 5) is 22.1. The van der Waals surface area contributed by atoms with Gasteiger partial charge in [0.25, 0.3) is 0 Å². The van der Waals surface area contributed by atoms with Crippen LogP contribution in [0.25, 0.3) is 0 Å². The first-order chi connectivity index (χ1) is 6.61. The van der Waals surface area contributed by atoms with Crippen LogP contribution in [-0.4, -0.2) is 25.3 Å². The molecule has 0 aliphatic heterocycles. The van der Waals surface area contributed by atoms with E-state index in [1.54, 1.807) is 20.3 Å². The van der Waals surface area contributed by atoms with Crippen LogP contribution in [0.1, 0.15) is 19.8 Å². The van der Waals surface area contributed by atoms with Crippen molar-refractivity contribution in [3.8, 4) is 0 Å². The first kappa shape index (κ1) is 13.8. The molecule has 0 aromatic heterocycles. The van der Waals surface area contributed by atoms with Gasteiger partial charge in [0.1, 0.15) is 0 Å². The van der Waals surface area contributed by atoms with Crippen LogP contribution in [0, 0.1) is 5.92 Å². The summed E-state index contributed by atoms with van der Waals surface area (Å²) in [6.45, 7) is 5.33. The van der Waals surface area contributed by atoms with Crippen LogP contribution in [-0.2, 0) is 18.6 Å². The van der Waals surface area contributed by atoms with Crippen molar-refractivity contribution in [3.05, 3.63) is 0 Å². The van der Waals surface area contributed by atoms with E-state index in [0.717, 1.165) is 0 Å². The normalized spacial score (nSPS) is 13.6. The van der Waals surface area contributed by atoms with Gasteiger partial charge in [0.2, 0.25) is 0 Å². The molecule has 4 nitrogen and oxygen atoms in total. The zero-order valence-electron chi connectivity index (χ0n) is 8.62. The standard InChI is InChI=1S/C8H16O4P2/c1-6(8(10)12-14-3)4-5-7(9)11-13-2/h6,13-14H,4-5H2,1-3H3. The second kappa shape index (κ2) is 8.14. The lowest BCUT2D eigenvalue weighted by molar-refractivity contribution is -0.138. The van der Waals surface area contributed by atoms with Crippen LogP contribution < -0.4 is 0 Å². The summed E-state index contributed by atoms with van der Waals surface area (Å²) < 4.78 is 9.60. The molecule has 0 heterocycles. The lowest BCUT2D eigenvalue weighted by Gasteiger charge is -2.08. The molecule has 3 atom stereocenters. The van der Waals surface area contributed by atoms with E-state index in [9.17, 15) is 9.59 Å². The molecule has 6 heteroatoms. The van der Waals surface area contributed by atoms with Crippen LogP contribution in [0.3, 0.4) is 0 Å². The monoisotopic (exact) mass is 238 g/mol. The van der Waals surface area contributed by atoms with Gasteiger partial charge in [-0.25, -0.2) is 0 Å². The average Bonchev–Trinajstić information content (AvgIpc) is 2.15. The number of rotatable bonds is 6. The number of carbonyl (C=O) groups excluding carboxylic acids is 2. The maximum atomic E-state index is 11.1. The van der Waals surface area contributed by atoms with Gasteiger partial charge in [-0.3, -0.25) is 9.59 Å². The Labute approximate surface area is 87.8 Å². The molecule has 0 spiro atoms. The minimum absolute atomic E-state index is 0.166. The second-order valence-corrected chi connectivity index (χ2v) is 3.97. The predicted octanol–water partition coefficient (Wildman–Crippen LogP) is 1.94. The smallest absolute Gasteiger partial charge is 0.311 e. The van der Waals surface area contributed by atoms with Crippen molar-refractivity contribution in [2.24, 2.45) is 5.92 Å². The molecule has 0 aromatic carbocycles. The molecule has 0 aromatic rings. The van der Waals surface area contributed by atoms with E-state index < -0.39 is 0 Å². The average molecular weight is 238 g/mol. The molecule has 0 aliphatic carbocycles. The van der Waals surface area contributed by atoms with Gasteiger partial charge in [-0.05, 0) is 19.8 Å². The first-order valence-electron chi connectivity index (χ1n) is 4.35. The molecular weight excluding hydrogens is 222 g/mol. The third-order valence-corrected chi connectivity index (χ3v) is 2.44. The Morgan fingerprint density at radius 3 is 2.29 bits per heavy atom. The Kier molecular flexibility index (Phi) is 8.02. The Morgan fingerprint density at radius 1 is 1.21 bits per heavy atom. The molecule has 0 radical (unpaired) electrons. The van der Waals surface area contributed by atoms with Gasteiger partial charge in [-0.2, -0.15) is 0 Å². The van der Waals surface area contributed by atoms with Gasteiger partial charge >= 0.3 is 11.9 Å². The van der Waals surface area contributed by atoms with Gasteiger partial charge in [-0.1, -0.05) is 6.92 Å². The van der Waals surface area contributed by atoms with Gasteiger partial charge in [-0.15, -0.1) is 0 Å². The van der Waals surface area contributed by atoms with E-state index in [1.165, 1.54) is 0 Å². The van der Waals surface area contributed by atoms with Crippen molar-refractivity contribution >= 4 is 29.6 Å². The van der Waals surface area contributed by atoms with Crippen molar-refractivity contribution in [1.29, 1.82) is 0 Å². The van der Waals surface area contributed by atoms with Crippen molar-refractivity contribution < 1.29 is 18.6 Å². The summed E-state index contributed by atoms with van der Waals surface area (Å²) in [7, 11) is 0.338. The molecular formula is C8H16O4P2. The quantitative estimate of drug-likeness (QED) is 0.663. The number of hydrogen-bond donors (Lipinski definition) is 0. The van der Waals surface area contributed by atoms with Crippen molar-refractivity contribution in [3.63, 3.8) is 0 Å². The number of hydrogen-bond acceptors (Lipinski definition) is 4. The highest BCUT2D eigenvalue weighted by atomic mass is 31.1. The third-order valence-electron chi connectivity index (χ3n) is 1.60. The fourth-order valence-electron chi connectivity index (χ4n) is 0.818. The maximum Gasteiger partial charge on any atom is 0.311 e. The Bertz CT molecular complexity index is 196. The second-order valence-electron chi connectivity index (χ2n) is 2.74. The third kappa shape index (κ3) is 6.28. The van der Waals surface area contributed by atoms with Crippen molar-refractivity contribution in [1.82, 2.24) is 0 Å². The maximum absolute atomic E-state index is 11.1. The zero-order valence-corrected chi connectivity index (χ0v) is 10.6. The Morgan fingerprint density at radius 2 is 1.79 bits per heavy atom. The first-order valence-corrected chi connectivity index (χ1v) is 7.17. The molecule has 0 saturated carbocycles. The summed E-state index contributed by atoms with van der Waals surface area (Å²) in [5.74, 6) is -0.711. The fraction of sp³-hybridized carbons (Fsp3) is 0.750. The van der Waals surface area contributed by atoms with Crippen LogP contribution in [0.5, 0.6) is 0 Å². The molecule has 0 aliphatic rings. The Hall–Kier alpha value is -0.200.